The van der Waals surface area contributed by atoms with Gasteiger partial charge >= 0.3 is 15.2 Å². The first-order valence-corrected chi connectivity index (χ1v) is 6.59. The van der Waals surface area contributed by atoms with E-state index in [0.29, 0.717) is 0 Å². The Labute approximate surface area is 108 Å². The third-order valence-electron chi connectivity index (χ3n) is 2.68. The molecule has 0 bridgehead atoms. The second kappa shape index (κ2) is 5.28. The van der Waals surface area contributed by atoms with E-state index >= 15 is 0 Å². The van der Waals surface area contributed by atoms with Crippen LogP contribution in [0.1, 0.15) is 6.92 Å². The lowest BCUT2D eigenvalue weighted by Crippen LogP contribution is -2.73. The number of aliphatic hydroxyl groups is 4. The molecule has 1 aliphatic rings. The third-order valence-corrected chi connectivity index (χ3v) is 3.89. The Morgan fingerprint density at radius 1 is 1.32 bits per heavy atom. The van der Waals surface area contributed by atoms with Crippen LogP contribution < -0.4 is 5.32 Å². The van der Waals surface area contributed by atoms with Crippen molar-refractivity contribution in [1.82, 2.24) is 5.32 Å². The molecule has 19 heavy (non-hydrogen) atoms. The van der Waals surface area contributed by atoms with Crippen molar-refractivity contribution in [2.75, 3.05) is 6.61 Å². The van der Waals surface area contributed by atoms with Gasteiger partial charge in [0.2, 0.25) is 5.91 Å². The summed E-state index contributed by atoms with van der Waals surface area (Å²) in [6.45, 7) is -0.0316. The molecule has 0 aliphatic carbocycles. The standard InChI is InChI=1S/C8H15NO9S/c1-3(11)9-8(19(15,16)17)7(14)6(13)5(12)4(2-10)18-8/h4-7,10,12-14H,2H2,1H3,(H,9,11)(H,15,16,17)/t4-,5+,6+,7-,8?/m1/s1. The molecule has 10 nitrogen and oxygen atoms in total. The highest BCUT2D eigenvalue weighted by molar-refractivity contribution is 7.87. The number of nitrogens with one attached hydrogen (secondary N) is 1. The van der Waals surface area contributed by atoms with Gasteiger partial charge in [0, 0.05) is 6.92 Å². The van der Waals surface area contributed by atoms with Crippen LogP contribution in [0.3, 0.4) is 0 Å². The first kappa shape index (κ1) is 16.2. The molecule has 11 heteroatoms. The number of rotatable bonds is 3. The number of hydrogen-bond acceptors (Lipinski definition) is 8. The van der Waals surface area contributed by atoms with E-state index < -0.39 is 52.1 Å². The monoisotopic (exact) mass is 301 g/mol. The van der Waals surface area contributed by atoms with Gasteiger partial charge in [-0.1, -0.05) is 0 Å². The van der Waals surface area contributed by atoms with E-state index in [0.717, 1.165) is 6.92 Å². The SMILES string of the molecule is CC(=O)NC1(S(=O)(=O)O)O[C@H](CO)[C@H](O)[C@H](O)[C@H]1O. The molecule has 1 aliphatic heterocycles. The maximum atomic E-state index is 11.3. The molecule has 1 fully saturated rings. The van der Waals surface area contributed by atoms with Gasteiger partial charge in [-0.25, -0.2) is 0 Å². The molecular formula is C8H15NO9S. The van der Waals surface area contributed by atoms with Gasteiger partial charge in [-0.3, -0.25) is 9.35 Å². The van der Waals surface area contributed by atoms with Crippen molar-refractivity contribution in [2.24, 2.45) is 0 Å². The number of aliphatic hydroxyl groups excluding tert-OH is 4. The zero-order valence-corrected chi connectivity index (χ0v) is 10.6. The van der Waals surface area contributed by atoms with Crippen LogP contribution in [0.2, 0.25) is 0 Å². The lowest BCUT2D eigenvalue weighted by atomic mass is 9.98. The maximum Gasteiger partial charge on any atom is 0.318 e. The molecule has 1 heterocycles. The smallest absolute Gasteiger partial charge is 0.318 e. The Morgan fingerprint density at radius 3 is 2.21 bits per heavy atom. The molecule has 0 spiro atoms. The molecule has 0 aromatic heterocycles. The highest BCUT2D eigenvalue weighted by Gasteiger charge is 2.61. The minimum atomic E-state index is -5.22. The van der Waals surface area contributed by atoms with E-state index in [2.05, 4.69) is 0 Å². The normalized spacial score (nSPS) is 39.9. The average Bonchev–Trinajstić information content (AvgIpc) is 2.28. The van der Waals surface area contributed by atoms with Crippen molar-refractivity contribution in [1.29, 1.82) is 0 Å². The number of ether oxygens (including phenoxy) is 1. The van der Waals surface area contributed by atoms with Crippen LogP contribution in [0.25, 0.3) is 0 Å². The predicted octanol–water partition coefficient (Wildman–Crippen LogP) is -3.86. The van der Waals surface area contributed by atoms with Gasteiger partial charge in [0.15, 0.2) is 0 Å². The topological polar surface area (TPSA) is 174 Å². The Kier molecular flexibility index (Phi) is 4.51. The van der Waals surface area contributed by atoms with Gasteiger partial charge < -0.3 is 30.5 Å². The van der Waals surface area contributed by atoms with E-state index in [4.69, 9.17) is 14.4 Å². The second-order valence-electron chi connectivity index (χ2n) is 4.09. The van der Waals surface area contributed by atoms with Gasteiger partial charge in [-0.15, -0.1) is 0 Å². The fourth-order valence-corrected chi connectivity index (χ4v) is 2.73. The highest BCUT2D eigenvalue weighted by Crippen LogP contribution is 2.32. The van der Waals surface area contributed by atoms with Crippen molar-refractivity contribution in [3.63, 3.8) is 0 Å². The summed E-state index contributed by atoms with van der Waals surface area (Å²) in [6.07, 6.45) is -7.86. The number of carbonyl (C=O) groups excluding carboxylic acids is 1. The van der Waals surface area contributed by atoms with E-state index in [-0.39, 0.29) is 0 Å². The van der Waals surface area contributed by atoms with Crippen LogP contribution in [0.5, 0.6) is 0 Å². The lowest BCUT2D eigenvalue weighted by Gasteiger charge is -2.46. The molecule has 5 atom stereocenters. The molecule has 0 radical (unpaired) electrons. The summed E-state index contributed by atoms with van der Waals surface area (Å²) in [6, 6.07) is 0. The summed E-state index contributed by atoms with van der Waals surface area (Å²) in [4.78, 5) is 11.0. The first-order chi connectivity index (χ1) is 8.56. The lowest BCUT2D eigenvalue weighted by molar-refractivity contribution is -0.253. The molecule has 0 saturated carbocycles. The average molecular weight is 301 g/mol. The Morgan fingerprint density at radius 2 is 1.84 bits per heavy atom. The second-order valence-corrected chi connectivity index (χ2v) is 5.65. The zero-order valence-electron chi connectivity index (χ0n) is 9.79. The molecule has 1 saturated heterocycles. The summed E-state index contributed by atoms with van der Waals surface area (Å²) >= 11 is 0. The molecule has 1 rings (SSSR count). The van der Waals surface area contributed by atoms with E-state index in [1.54, 1.807) is 5.32 Å². The summed E-state index contributed by atoms with van der Waals surface area (Å²) < 4.78 is 36.5. The van der Waals surface area contributed by atoms with Crippen LogP contribution in [0.4, 0.5) is 0 Å². The van der Waals surface area contributed by atoms with Gasteiger partial charge in [-0.2, -0.15) is 8.42 Å². The summed E-state index contributed by atoms with van der Waals surface area (Å²) in [5.74, 6) is -0.989. The van der Waals surface area contributed by atoms with E-state index in [1.165, 1.54) is 0 Å². The van der Waals surface area contributed by atoms with Crippen molar-refractivity contribution in [3.05, 3.63) is 0 Å². The van der Waals surface area contributed by atoms with Gasteiger partial charge in [0.05, 0.1) is 6.61 Å². The fourth-order valence-electron chi connectivity index (χ4n) is 1.77. The van der Waals surface area contributed by atoms with Gasteiger partial charge in [0.25, 0.3) is 0 Å². The number of carbonyl (C=O) groups is 1. The van der Waals surface area contributed by atoms with Crippen LogP contribution in [-0.2, 0) is 19.6 Å². The Balaban J connectivity index is 3.32. The van der Waals surface area contributed by atoms with Crippen LogP contribution in [0.15, 0.2) is 0 Å². The molecule has 1 unspecified atom stereocenters. The number of amides is 1. The van der Waals surface area contributed by atoms with E-state index in [9.17, 15) is 28.5 Å². The Hall–Kier alpha value is -0.820. The largest absolute Gasteiger partial charge is 0.394 e. The summed E-state index contributed by atoms with van der Waals surface area (Å²) in [5.41, 5.74) is 0. The molecule has 112 valence electrons. The predicted molar refractivity (Wildman–Crippen MR) is 58.1 cm³/mol. The number of hydrogen-bond donors (Lipinski definition) is 6. The van der Waals surface area contributed by atoms with Crippen LogP contribution in [-0.4, -0.2) is 75.4 Å². The van der Waals surface area contributed by atoms with Gasteiger partial charge in [0.1, 0.15) is 24.4 Å². The first-order valence-electron chi connectivity index (χ1n) is 5.15. The molecule has 0 aromatic carbocycles. The quantitative estimate of drug-likeness (QED) is 0.285. The summed E-state index contributed by atoms with van der Waals surface area (Å²) in [7, 11) is -5.22. The fraction of sp³-hybridized carbons (Fsp3) is 0.875. The van der Waals surface area contributed by atoms with Crippen molar-refractivity contribution in [3.8, 4) is 0 Å². The minimum Gasteiger partial charge on any atom is -0.394 e. The summed E-state index contributed by atoms with van der Waals surface area (Å²) in [5, 5.41) is 36.2. The molecular weight excluding hydrogens is 286 g/mol. The molecule has 6 N–H and O–H groups in total. The van der Waals surface area contributed by atoms with E-state index in [1.807, 2.05) is 0 Å². The minimum absolute atomic E-state index is 0.883. The Bertz CT molecular complexity index is 449. The van der Waals surface area contributed by atoms with Crippen molar-refractivity contribution < 1.29 is 42.9 Å². The molecule has 0 aromatic rings. The van der Waals surface area contributed by atoms with Gasteiger partial charge in [-0.05, 0) is 0 Å². The van der Waals surface area contributed by atoms with Crippen LogP contribution >= 0.6 is 0 Å². The highest BCUT2D eigenvalue weighted by atomic mass is 32.2. The van der Waals surface area contributed by atoms with Crippen molar-refractivity contribution >= 4 is 16.0 Å². The molecule has 1 amide bonds. The zero-order chi connectivity index (χ0) is 15.0. The van der Waals surface area contributed by atoms with Crippen molar-refractivity contribution in [2.45, 2.75) is 36.4 Å². The maximum absolute atomic E-state index is 11.3. The third kappa shape index (κ3) is 2.72. The van der Waals surface area contributed by atoms with Crippen LogP contribution in [0, 0.1) is 0 Å².